The summed E-state index contributed by atoms with van der Waals surface area (Å²) in [5.41, 5.74) is -0.521. The summed E-state index contributed by atoms with van der Waals surface area (Å²) >= 11 is 5.87. The zero-order chi connectivity index (χ0) is 27.1. The van der Waals surface area contributed by atoms with E-state index in [4.69, 9.17) is 11.6 Å². The van der Waals surface area contributed by atoms with Crippen LogP contribution in [0.4, 0.5) is 34.9 Å². The van der Waals surface area contributed by atoms with Gasteiger partial charge in [-0.05, 0) is 43.7 Å². The topological polar surface area (TPSA) is 83.4 Å². The van der Waals surface area contributed by atoms with Gasteiger partial charge in [-0.1, -0.05) is 11.6 Å². The van der Waals surface area contributed by atoms with Crippen molar-refractivity contribution in [3.05, 3.63) is 64.7 Å². The molecule has 3 aromatic rings. The van der Waals surface area contributed by atoms with E-state index in [1.165, 1.54) is 46.8 Å². The molecule has 1 aliphatic rings. The molecule has 0 bridgehead atoms. The lowest BCUT2D eigenvalue weighted by Gasteiger charge is -2.29. The van der Waals surface area contributed by atoms with Crippen LogP contribution < -0.4 is 15.1 Å². The summed E-state index contributed by atoms with van der Waals surface area (Å²) in [6.45, 7) is 1.37. The molecule has 0 radical (unpaired) electrons. The summed E-state index contributed by atoms with van der Waals surface area (Å²) in [5, 5.41) is 6.54. The van der Waals surface area contributed by atoms with Crippen LogP contribution in [0.15, 0.2) is 42.6 Å². The SMILES string of the molecule is Cc1cc(C(F)(F)F)cc(N2C[C@@H](C(=O)Nc3ccnn3C)C[C@H]2C(=O)N(C)c2ccc(F)c(Cl)c2)n1. The first-order valence-corrected chi connectivity index (χ1v) is 11.6. The number of aryl methyl sites for hydroxylation is 2. The van der Waals surface area contributed by atoms with Crippen molar-refractivity contribution in [1.82, 2.24) is 14.8 Å². The molecule has 37 heavy (non-hydrogen) atoms. The molecule has 0 spiro atoms. The molecule has 4 rings (SSSR count). The van der Waals surface area contributed by atoms with Crippen LogP contribution in [0.5, 0.6) is 0 Å². The third kappa shape index (κ3) is 5.53. The molecular weight excluding hydrogens is 516 g/mol. The van der Waals surface area contributed by atoms with Crippen molar-refractivity contribution >= 4 is 40.7 Å². The lowest BCUT2D eigenvalue weighted by atomic mass is 10.0. The van der Waals surface area contributed by atoms with E-state index in [9.17, 15) is 27.2 Å². The number of carbonyl (C=O) groups is 2. The molecule has 1 aromatic carbocycles. The van der Waals surface area contributed by atoms with Crippen LogP contribution in [0.2, 0.25) is 5.02 Å². The Kier molecular flexibility index (Phi) is 7.13. The van der Waals surface area contributed by atoms with Crippen molar-refractivity contribution in [1.29, 1.82) is 0 Å². The van der Waals surface area contributed by atoms with Gasteiger partial charge in [0.05, 0.1) is 22.7 Å². The zero-order valence-electron chi connectivity index (χ0n) is 20.1. The van der Waals surface area contributed by atoms with Crippen molar-refractivity contribution in [2.45, 2.75) is 25.6 Å². The highest BCUT2D eigenvalue weighted by atomic mass is 35.5. The van der Waals surface area contributed by atoms with Gasteiger partial charge in [0, 0.05) is 38.1 Å². The predicted molar refractivity (Wildman–Crippen MR) is 130 cm³/mol. The standard InChI is InChI=1S/C24H23ClF4N6O2/c1-13-8-15(24(27,28)29)10-21(31-13)35-12-14(22(36)32-20-6-7-30-34(20)3)9-19(35)23(37)33(2)16-4-5-18(26)17(25)11-16/h4-8,10-11,14,19H,9,12H2,1-3H3,(H,32,36)/t14-,19-/m0/s1. The molecule has 2 amide bonds. The van der Waals surface area contributed by atoms with E-state index in [1.54, 1.807) is 13.1 Å². The predicted octanol–water partition coefficient (Wildman–Crippen LogP) is 4.43. The first kappa shape index (κ1) is 26.4. The molecule has 0 aliphatic carbocycles. The highest BCUT2D eigenvalue weighted by Crippen LogP contribution is 2.36. The van der Waals surface area contributed by atoms with Gasteiger partial charge in [-0.2, -0.15) is 18.3 Å². The Morgan fingerprint density at radius 1 is 1.19 bits per heavy atom. The molecule has 8 nitrogen and oxygen atoms in total. The van der Waals surface area contributed by atoms with Crippen molar-refractivity contribution in [3.8, 4) is 0 Å². The Morgan fingerprint density at radius 3 is 2.54 bits per heavy atom. The molecule has 1 aliphatic heterocycles. The number of carbonyl (C=O) groups excluding carboxylic acids is 2. The molecular formula is C24H23ClF4N6O2. The number of benzene rings is 1. The molecule has 3 heterocycles. The van der Waals surface area contributed by atoms with Crippen LogP contribution in [-0.2, 0) is 22.8 Å². The maximum Gasteiger partial charge on any atom is 0.416 e. The minimum Gasteiger partial charge on any atom is -0.344 e. The number of nitrogens with zero attached hydrogens (tertiary/aromatic N) is 5. The molecule has 2 aromatic heterocycles. The largest absolute Gasteiger partial charge is 0.416 e. The van der Waals surface area contributed by atoms with Gasteiger partial charge in [0.15, 0.2) is 0 Å². The second kappa shape index (κ2) is 10.0. The number of amides is 2. The van der Waals surface area contributed by atoms with E-state index in [0.29, 0.717) is 5.82 Å². The highest BCUT2D eigenvalue weighted by molar-refractivity contribution is 6.31. The summed E-state index contributed by atoms with van der Waals surface area (Å²) in [7, 11) is 3.08. The van der Waals surface area contributed by atoms with E-state index in [1.807, 2.05) is 0 Å². The van der Waals surface area contributed by atoms with E-state index in [2.05, 4.69) is 15.4 Å². The summed E-state index contributed by atoms with van der Waals surface area (Å²) in [4.78, 5) is 33.5. The number of alkyl halides is 3. The smallest absolute Gasteiger partial charge is 0.344 e. The van der Waals surface area contributed by atoms with Gasteiger partial charge in [0.2, 0.25) is 11.8 Å². The number of pyridine rings is 1. The first-order chi connectivity index (χ1) is 17.3. The lowest BCUT2D eigenvalue weighted by Crippen LogP contribution is -2.44. The van der Waals surface area contributed by atoms with Gasteiger partial charge >= 0.3 is 6.18 Å². The van der Waals surface area contributed by atoms with Crippen LogP contribution in [0.3, 0.4) is 0 Å². The Labute approximate surface area is 214 Å². The van der Waals surface area contributed by atoms with Crippen LogP contribution in [0, 0.1) is 18.7 Å². The summed E-state index contributed by atoms with van der Waals surface area (Å²) < 4.78 is 55.7. The van der Waals surface area contributed by atoms with Crippen molar-refractivity contribution in [3.63, 3.8) is 0 Å². The van der Waals surface area contributed by atoms with Crippen molar-refractivity contribution < 1.29 is 27.2 Å². The van der Waals surface area contributed by atoms with E-state index in [0.717, 1.165) is 18.2 Å². The maximum atomic E-state index is 13.6. The average molecular weight is 539 g/mol. The van der Waals surface area contributed by atoms with Gasteiger partial charge in [-0.15, -0.1) is 0 Å². The Morgan fingerprint density at radius 2 is 1.92 bits per heavy atom. The van der Waals surface area contributed by atoms with Crippen LogP contribution in [0.1, 0.15) is 17.7 Å². The molecule has 1 N–H and O–H groups in total. The minimum absolute atomic E-state index is 0.0127. The molecule has 1 fully saturated rings. The number of nitrogens with one attached hydrogen (secondary N) is 1. The van der Waals surface area contributed by atoms with Crippen LogP contribution in [0.25, 0.3) is 0 Å². The highest BCUT2D eigenvalue weighted by Gasteiger charge is 2.43. The second-order valence-corrected chi connectivity index (χ2v) is 9.19. The number of hydrogen-bond donors (Lipinski definition) is 1. The van der Waals surface area contributed by atoms with Gasteiger partial charge in [0.25, 0.3) is 0 Å². The Balaban J connectivity index is 1.68. The molecule has 196 valence electrons. The number of anilines is 3. The quantitative estimate of drug-likeness (QED) is 0.486. The summed E-state index contributed by atoms with van der Waals surface area (Å²) in [6, 6.07) is 6.09. The number of hydrogen-bond acceptors (Lipinski definition) is 5. The number of halogens is 5. The number of aromatic nitrogens is 3. The van der Waals surface area contributed by atoms with Crippen LogP contribution >= 0.6 is 11.6 Å². The fourth-order valence-corrected chi connectivity index (χ4v) is 4.42. The Bertz CT molecular complexity index is 1350. The Hall–Kier alpha value is -3.67. The molecule has 0 unspecified atom stereocenters. The first-order valence-electron chi connectivity index (χ1n) is 11.2. The van der Waals surface area contributed by atoms with Gasteiger partial charge in [0.1, 0.15) is 23.5 Å². The fraction of sp³-hybridized carbons (Fsp3) is 0.333. The molecule has 2 atom stereocenters. The zero-order valence-corrected chi connectivity index (χ0v) is 20.8. The monoisotopic (exact) mass is 538 g/mol. The van der Waals surface area contributed by atoms with Crippen LogP contribution in [-0.4, -0.2) is 46.2 Å². The van der Waals surface area contributed by atoms with Gasteiger partial charge in [-0.3, -0.25) is 14.3 Å². The minimum atomic E-state index is -4.63. The molecule has 13 heteroatoms. The van der Waals surface area contributed by atoms with E-state index >= 15 is 0 Å². The third-order valence-corrected chi connectivity index (χ3v) is 6.50. The maximum absolute atomic E-state index is 13.6. The van der Waals surface area contributed by atoms with Crippen molar-refractivity contribution in [2.75, 3.05) is 28.7 Å². The van der Waals surface area contributed by atoms with Crippen molar-refractivity contribution in [2.24, 2.45) is 13.0 Å². The average Bonchev–Trinajstić information content (AvgIpc) is 3.45. The number of likely N-dealkylation sites (N-methyl/N-ethyl adjacent to an activating group) is 1. The lowest BCUT2D eigenvalue weighted by molar-refractivity contribution is -0.137. The van der Waals surface area contributed by atoms with Gasteiger partial charge < -0.3 is 15.1 Å². The third-order valence-electron chi connectivity index (χ3n) is 6.21. The summed E-state index contributed by atoms with van der Waals surface area (Å²) in [5.74, 6) is -1.99. The number of rotatable bonds is 5. The van der Waals surface area contributed by atoms with E-state index < -0.39 is 41.3 Å². The molecule has 0 saturated carbocycles. The normalized spacial score (nSPS) is 17.7. The second-order valence-electron chi connectivity index (χ2n) is 8.78. The summed E-state index contributed by atoms with van der Waals surface area (Å²) in [6.07, 6.45) is -3.11. The fourth-order valence-electron chi connectivity index (χ4n) is 4.24. The van der Waals surface area contributed by atoms with E-state index in [-0.39, 0.29) is 35.2 Å². The van der Waals surface area contributed by atoms with Gasteiger partial charge in [-0.25, -0.2) is 9.37 Å². The molecule has 1 saturated heterocycles.